The van der Waals surface area contributed by atoms with Crippen LogP contribution in [0.4, 0.5) is 0 Å². The van der Waals surface area contributed by atoms with E-state index in [-0.39, 0.29) is 0 Å². The van der Waals surface area contributed by atoms with Gasteiger partial charge in [0.05, 0.1) is 0 Å². The molecule has 11 heavy (non-hydrogen) atoms. The fourth-order valence-electron chi connectivity index (χ4n) is 1.61. The first-order valence-electron chi connectivity index (χ1n) is 5.11. The first-order chi connectivity index (χ1) is 5.38. The van der Waals surface area contributed by atoms with Gasteiger partial charge in [-0.3, -0.25) is 0 Å². The number of nitrogens with one attached hydrogen (secondary N) is 1. The van der Waals surface area contributed by atoms with Crippen LogP contribution in [0.1, 0.15) is 46.0 Å². The van der Waals surface area contributed by atoms with Gasteiger partial charge in [-0.25, -0.2) is 0 Å². The molecule has 1 aliphatic rings. The predicted octanol–water partition coefficient (Wildman–Crippen LogP) is 2.56. The van der Waals surface area contributed by atoms with Crippen LogP contribution in [0.2, 0.25) is 0 Å². The van der Waals surface area contributed by atoms with Crippen LogP contribution in [0.3, 0.4) is 0 Å². The molecular formula is C10H21N. The topological polar surface area (TPSA) is 12.0 Å². The highest BCUT2D eigenvalue weighted by molar-refractivity contribution is 4.85. The van der Waals surface area contributed by atoms with E-state index in [0.717, 1.165) is 12.0 Å². The molecule has 0 aromatic rings. The average molecular weight is 155 g/mol. The minimum atomic E-state index is 0.835. The molecule has 0 aromatic heterocycles. The average Bonchev–Trinajstić information content (AvgIpc) is 2.81. The largest absolute Gasteiger partial charge is 0.314 e. The lowest BCUT2D eigenvalue weighted by Crippen LogP contribution is -2.31. The molecule has 66 valence electrons. The monoisotopic (exact) mass is 155 g/mol. The van der Waals surface area contributed by atoms with Crippen LogP contribution in [0.15, 0.2) is 0 Å². The van der Waals surface area contributed by atoms with Crippen LogP contribution in [-0.2, 0) is 0 Å². The predicted molar refractivity (Wildman–Crippen MR) is 49.7 cm³/mol. The Labute approximate surface area is 70.6 Å². The van der Waals surface area contributed by atoms with Gasteiger partial charge in [0.1, 0.15) is 0 Å². The summed E-state index contributed by atoms with van der Waals surface area (Å²) in [5, 5.41) is 3.63. The van der Waals surface area contributed by atoms with E-state index in [4.69, 9.17) is 0 Å². The van der Waals surface area contributed by atoms with E-state index in [2.05, 4.69) is 19.2 Å². The molecule has 0 heterocycles. The normalized spacial score (nSPS) is 20.2. The first kappa shape index (κ1) is 9.05. The minimum Gasteiger partial charge on any atom is -0.314 e. The van der Waals surface area contributed by atoms with E-state index in [9.17, 15) is 0 Å². The minimum absolute atomic E-state index is 0.835. The Balaban J connectivity index is 2.01. The first-order valence-corrected chi connectivity index (χ1v) is 5.11. The fraction of sp³-hybridized carbons (Fsp3) is 1.00. The summed E-state index contributed by atoms with van der Waals surface area (Å²) in [5.41, 5.74) is 0. The SMILES string of the molecule is CCCCNC(CC)C1CC1. The molecule has 1 nitrogen and oxygen atoms in total. The molecule has 1 N–H and O–H groups in total. The van der Waals surface area contributed by atoms with Gasteiger partial charge in [-0.2, -0.15) is 0 Å². The van der Waals surface area contributed by atoms with Crippen molar-refractivity contribution < 1.29 is 0 Å². The molecule has 1 rings (SSSR count). The van der Waals surface area contributed by atoms with Gasteiger partial charge >= 0.3 is 0 Å². The summed E-state index contributed by atoms with van der Waals surface area (Å²) in [6.45, 7) is 5.77. The Kier molecular flexibility index (Phi) is 3.92. The quantitative estimate of drug-likeness (QED) is 0.581. The summed E-state index contributed by atoms with van der Waals surface area (Å²) in [6, 6.07) is 0.835. The molecule has 0 saturated heterocycles. The van der Waals surface area contributed by atoms with Gasteiger partial charge in [0.2, 0.25) is 0 Å². The third-order valence-corrected chi connectivity index (χ3v) is 2.57. The lowest BCUT2D eigenvalue weighted by molar-refractivity contribution is 0.445. The van der Waals surface area contributed by atoms with Crippen molar-refractivity contribution in [1.82, 2.24) is 5.32 Å². The van der Waals surface area contributed by atoms with E-state index in [1.807, 2.05) is 0 Å². The van der Waals surface area contributed by atoms with Crippen LogP contribution in [-0.4, -0.2) is 12.6 Å². The van der Waals surface area contributed by atoms with E-state index < -0.39 is 0 Å². The van der Waals surface area contributed by atoms with Crippen LogP contribution in [0, 0.1) is 5.92 Å². The van der Waals surface area contributed by atoms with Gasteiger partial charge in [0.15, 0.2) is 0 Å². The number of hydrogen-bond acceptors (Lipinski definition) is 1. The number of unbranched alkanes of at least 4 members (excludes halogenated alkanes) is 1. The maximum atomic E-state index is 3.63. The smallest absolute Gasteiger partial charge is 0.00927 e. The molecule has 1 heteroatoms. The van der Waals surface area contributed by atoms with Crippen LogP contribution in [0.5, 0.6) is 0 Å². The molecular weight excluding hydrogens is 134 g/mol. The van der Waals surface area contributed by atoms with Gasteiger partial charge in [0, 0.05) is 6.04 Å². The van der Waals surface area contributed by atoms with E-state index in [1.54, 1.807) is 0 Å². The zero-order valence-electron chi connectivity index (χ0n) is 7.90. The Bertz CT molecular complexity index is 97.0. The van der Waals surface area contributed by atoms with Gasteiger partial charge in [-0.15, -0.1) is 0 Å². The summed E-state index contributed by atoms with van der Waals surface area (Å²) in [7, 11) is 0. The van der Waals surface area contributed by atoms with Gasteiger partial charge < -0.3 is 5.32 Å². The van der Waals surface area contributed by atoms with Crippen molar-refractivity contribution in [2.45, 2.75) is 52.0 Å². The summed E-state index contributed by atoms with van der Waals surface area (Å²) >= 11 is 0. The van der Waals surface area contributed by atoms with Crippen molar-refractivity contribution >= 4 is 0 Å². The lowest BCUT2D eigenvalue weighted by atomic mass is 10.1. The van der Waals surface area contributed by atoms with Crippen LogP contribution < -0.4 is 5.32 Å². The second-order valence-corrected chi connectivity index (χ2v) is 3.66. The Morgan fingerprint density at radius 2 is 2.09 bits per heavy atom. The molecule has 1 saturated carbocycles. The molecule has 0 spiro atoms. The third kappa shape index (κ3) is 3.24. The van der Waals surface area contributed by atoms with Gasteiger partial charge in [-0.05, 0) is 38.1 Å². The van der Waals surface area contributed by atoms with Crippen molar-refractivity contribution in [2.75, 3.05) is 6.54 Å². The standard InChI is InChI=1S/C10H21N/c1-3-5-8-11-10(4-2)9-6-7-9/h9-11H,3-8H2,1-2H3. The lowest BCUT2D eigenvalue weighted by Gasteiger charge is -2.15. The molecule has 1 aliphatic carbocycles. The summed E-state index contributed by atoms with van der Waals surface area (Å²) < 4.78 is 0. The highest BCUT2D eigenvalue weighted by atomic mass is 14.9. The van der Waals surface area contributed by atoms with Crippen molar-refractivity contribution in [3.05, 3.63) is 0 Å². The molecule has 0 radical (unpaired) electrons. The van der Waals surface area contributed by atoms with Gasteiger partial charge in [0.25, 0.3) is 0 Å². The summed E-state index contributed by atoms with van der Waals surface area (Å²) in [4.78, 5) is 0. The van der Waals surface area contributed by atoms with E-state index in [0.29, 0.717) is 0 Å². The Morgan fingerprint density at radius 3 is 2.55 bits per heavy atom. The van der Waals surface area contributed by atoms with Crippen molar-refractivity contribution in [1.29, 1.82) is 0 Å². The van der Waals surface area contributed by atoms with Crippen LogP contribution in [0.25, 0.3) is 0 Å². The van der Waals surface area contributed by atoms with E-state index in [1.165, 1.54) is 38.6 Å². The zero-order chi connectivity index (χ0) is 8.10. The number of rotatable bonds is 6. The molecule has 0 aliphatic heterocycles. The van der Waals surface area contributed by atoms with Crippen LogP contribution >= 0.6 is 0 Å². The van der Waals surface area contributed by atoms with Crippen molar-refractivity contribution in [3.8, 4) is 0 Å². The maximum absolute atomic E-state index is 3.63. The molecule has 1 unspecified atom stereocenters. The molecule has 0 aromatic carbocycles. The molecule has 0 bridgehead atoms. The molecule has 1 fully saturated rings. The summed E-state index contributed by atoms with van der Waals surface area (Å²) in [6.07, 6.45) is 6.90. The zero-order valence-corrected chi connectivity index (χ0v) is 7.90. The fourth-order valence-corrected chi connectivity index (χ4v) is 1.61. The second kappa shape index (κ2) is 4.76. The third-order valence-electron chi connectivity index (χ3n) is 2.57. The van der Waals surface area contributed by atoms with E-state index >= 15 is 0 Å². The van der Waals surface area contributed by atoms with Crippen molar-refractivity contribution in [2.24, 2.45) is 5.92 Å². The van der Waals surface area contributed by atoms with Crippen molar-refractivity contribution in [3.63, 3.8) is 0 Å². The second-order valence-electron chi connectivity index (χ2n) is 3.66. The van der Waals surface area contributed by atoms with Gasteiger partial charge in [-0.1, -0.05) is 20.3 Å². The number of hydrogen-bond donors (Lipinski definition) is 1. The highest BCUT2D eigenvalue weighted by Crippen LogP contribution is 2.33. The summed E-state index contributed by atoms with van der Waals surface area (Å²) in [5.74, 6) is 1.02. The Hall–Kier alpha value is -0.0400. The molecule has 0 amide bonds. The Morgan fingerprint density at radius 1 is 1.36 bits per heavy atom. The maximum Gasteiger partial charge on any atom is 0.00927 e. The molecule has 1 atom stereocenters. The highest BCUT2D eigenvalue weighted by Gasteiger charge is 2.28.